The van der Waals surface area contributed by atoms with Gasteiger partial charge in [0.15, 0.2) is 17.6 Å². The Morgan fingerprint density at radius 3 is 2.43 bits per heavy atom. The molecule has 1 N–H and O–H groups in total. The summed E-state index contributed by atoms with van der Waals surface area (Å²) < 4.78 is 39.7. The Balaban J connectivity index is 1.87. The zero-order valence-corrected chi connectivity index (χ0v) is 16.7. The number of ether oxygens (including phenoxy) is 3. The second kappa shape index (κ2) is 10.3. The van der Waals surface area contributed by atoms with E-state index in [1.807, 2.05) is 0 Å². The zero-order valence-electron chi connectivity index (χ0n) is 15.2. The maximum absolute atomic E-state index is 12.4. The van der Waals surface area contributed by atoms with E-state index in [0.717, 1.165) is 5.56 Å². The van der Waals surface area contributed by atoms with Gasteiger partial charge in [-0.2, -0.15) is 8.78 Å². The van der Waals surface area contributed by atoms with Crippen molar-refractivity contribution >= 4 is 29.1 Å². The van der Waals surface area contributed by atoms with Crippen molar-refractivity contribution in [2.24, 2.45) is 0 Å². The van der Waals surface area contributed by atoms with E-state index < -0.39 is 12.7 Å². The lowest BCUT2D eigenvalue weighted by Crippen LogP contribution is -2.37. The fraction of sp³-hybridized carbons (Fsp3) is 0.316. The smallest absolute Gasteiger partial charge is 0.387 e. The quantitative estimate of drug-likeness (QED) is 0.620. The molecule has 2 aromatic carbocycles. The second-order valence-electron chi connectivity index (χ2n) is 5.74. The number of methoxy groups -OCH3 is 1. The first-order chi connectivity index (χ1) is 13.3. The molecule has 9 heteroatoms. The summed E-state index contributed by atoms with van der Waals surface area (Å²) in [7, 11) is 1.36. The molecule has 0 aliphatic heterocycles. The van der Waals surface area contributed by atoms with Crippen molar-refractivity contribution in [2.75, 3.05) is 13.7 Å². The number of carbonyl (C=O) groups is 1. The predicted molar refractivity (Wildman–Crippen MR) is 103 cm³/mol. The fourth-order valence-electron chi connectivity index (χ4n) is 2.35. The van der Waals surface area contributed by atoms with Gasteiger partial charge in [0.1, 0.15) is 5.75 Å². The first-order valence-electron chi connectivity index (χ1n) is 8.31. The van der Waals surface area contributed by atoms with Gasteiger partial charge in [0.2, 0.25) is 0 Å². The monoisotopic (exact) mass is 433 g/mol. The molecule has 1 amide bonds. The summed E-state index contributed by atoms with van der Waals surface area (Å²) in [6.45, 7) is -1.02. The van der Waals surface area contributed by atoms with Crippen LogP contribution in [-0.2, 0) is 11.2 Å². The SMILES string of the molecule is COc1cc(CCNC(=O)C(C)Oc2ccc(Cl)cc2Cl)ccc1OC(F)F. The second-order valence-corrected chi connectivity index (χ2v) is 6.58. The lowest BCUT2D eigenvalue weighted by molar-refractivity contribution is -0.127. The number of alkyl halides is 2. The van der Waals surface area contributed by atoms with Crippen LogP contribution in [0.15, 0.2) is 36.4 Å². The number of hydrogen-bond donors (Lipinski definition) is 1. The van der Waals surface area contributed by atoms with Crippen molar-refractivity contribution < 1.29 is 27.8 Å². The van der Waals surface area contributed by atoms with E-state index in [1.165, 1.54) is 19.2 Å². The summed E-state index contributed by atoms with van der Waals surface area (Å²) in [6, 6.07) is 9.33. The molecule has 0 aliphatic carbocycles. The standard InChI is InChI=1S/C19H19Cl2F2NO4/c1-11(27-15-6-4-13(20)10-14(15)21)18(25)24-8-7-12-3-5-16(28-19(22)23)17(9-12)26-2/h3-6,9-11,19H,7-8H2,1-2H3,(H,24,25). The van der Waals surface area contributed by atoms with Crippen molar-refractivity contribution in [3.63, 3.8) is 0 Å². The summed E-state index contributed by atoms with van der Waals surface area (Å²) in [4.78, 5) is 12.2. The van der Waals surface area contributed by atoms with Gasteiger partial charge in [0.05, 0.1) is 12.1 Å². The Bertz CT molecular complexity index is 821. The van der Waals surface area contributed by atoms with E-state index in [-0.39, 0.29) is 17.4 Å². The van der Waals surface area contributed by atoms with Crippen LogP contribution in [0, 0.1) is 0 Å². The Labute approximate surface area is 171 Å². The summed E-state index contributed by atoms with van der Waals surface area (Å²) in [5.74, 6) is 0.175. The van der Waals surface area contributed by atoms with Gasteiger partial charge in [-0.1, -0.05) is 29.3 Å². The molecule has 152 valence electrons. The Morgan fingerprint density at radius 2 is 1.79 bits per heavy atom. The maximum atomic E-state index is 12.4. The average molecular weight is 434 g/mol. The van der Waals surface area contributed by atoms with Crippen LogP contribution >= 0.6 is 23.2 Å². The van der Waals surface area contributed by atoms with E-state index in [1.54, 1.807) is 31.2 Å². The average Bonchev–Trinajstić information content (AvgIpc) is 2.64. The number of benzene rings is 2. The third-order valence-electron chi connectivity index (χ3n) is 3.72. The van der Waals surface area contributed by atoms with Crippen LogP contribution in [0.3, 0.4) is 0 Å². The summed E-state index contributed by atoms with van der Waals surface area (Å²) in [5.41, 5.74) is 0.785. The lowest BCUT2D eigenvalue weighted by atomic mass is 10.1. The van der Waals surface area contributed by atoms with Crippen LogP contribution < -0.4 is 19.5 Å². The van der Waals surface area contributed by atoms with Crippen LogP contribution in [0.2, 0.25) is 10.0 Å². The Morgan fingerprint density at radius 1 is 1.07 bits per heavy atom. The van der Waals surface area contributed by atoms with E-state index in [2.05, 4.69) is 10.1 Å². The van der Waals surface area contributed by atoms with Gasteiger partial charge < -0.3 is 19.5 Å². The van der Waals surface area contributed by atoms with E-state index in [4.69, 9.17) is 32.7 Å². The van der Waals surface area contributed by atoms with Gasteiger partial charge in [0, 0.05) is 11.6 Å². The minimum atomic E-state index is -2.94. The van der Waals surface area contributed by atoms with E-state index >= 15 is 0 Å². The van der Waals surface area contributed by atoms with Crippen LogP contribution in [-0.4, -0.2) is 32.3 Å². The highest BCUT2D eigenvalue weighted by molar-refractivity contribution is 6.35. The normalized spacial score (nSPS) is 11.8. The molecule has 0 spiro atoms. The van der Waals surface area contributed by atoms with Crippen molar-refractivity contribution in [3.8, 4) is 17.2 Å². The summed E-state index contributed by atoms with van der Waals surface area (Å²) >= 11 is 11.9. The van der Waals surface area contributed by atoms with Crippen molar-refractivity contribution in [3.05, 3.63) is 52.0 Å². The highest BCUT2D eigenvalue weighted by Crippen LogP contribution is 2.30. The third-order valence-corrected chi connectivity index (χ3v) is 4.25. The van der Waals surface area contributed by atoms with Crippen molar-refractivity contribution in [2.45, 2.75) is 26.1 Å². The van der Waals surface area contributed by atoms with Crippen LogP contribution in [0.4, 0.5) is 8.78 Å². The van der Waals surface area contributed by atoms with Gasteiger partial charge in [-0.15, -0.1) is 0 Å². The number of nitrogens with one attached hydrogen (secondary N) is 1. The molecule has 0 heterocycles. The Kier molecular flexibility index (Phi) is 8.14. The zero-order chi connectivity index (χ0) is 20.7. The van der Waals surface area contributed by atoms with Gasteiger partial charge in [-0.25, -0.2) is 0 Å². The lowest BCUT2D eigenvalue weighted by Gasteiger charge is -2.16. The van der Waals surface area contributed by atoms with Crippen LogP contribution in [0.5, 0.6) is 17.2 Å². The highest BCUT2D eigenvalue weighted by atomic mass is 35.5. The molecule has 0 saturated heterocycles. The molecule has 5 nitrogen and oxygen atoms in total. The molecule has 28 heavy (non-hydrogen) atoms. The molecule has 0 radical (unpaired) electrons. The molecule has 0 aromatic heterocycles. The number of rotatable bonds is 9. The molecule has 0 aliphatic rings. The predicted octanol–water partition coefficient (Wildman–Crippen LogP) is 4.73. The van der Waals surface area contributed by atoms with E-state index in [9.17, 15) is 13.6 Å². The molecule has 1 unspecified atom stereocenters. The van der Waals surface area contributed by atoms with Gasteiger partial charge in [-0.3, -0.25) is 4.79 Å². The van der Waals surface area contributed by atoms with Crippen LogP contribution in [0.1, 0.15) is 12.5 Å². The maximum Gasteiger partial charge on any atom is 0.387 e. The van der Waals surface area contributed by atoms with Crippen LogP contribution in [0.25, 0.3) is 0 Å². The number of amides is 1. The molecule has 0 bridgehead atoms. The largest absolute Gasteiger partial charge is 0.493 e. The number of carbonyl (C=O) groups excluding carboxylic acids is 1. The molecule has 2 aromatic rings. The minimum Gasteiger partial charge on any atom is -0.493 e. The number of hydrogen-bond acceptors (Lipinski definition) is 4. The van der Waals surface area contributed by atoms with Crippen molar-refractivity contribution in [1.29, 1.82) is 0 Å². The fourth-order valence-corrected chi connectivity index (χ4v) is 2.80. The number of halogens is 4. The first-order valence-corrected chi connectivity index (χ1v) is 9.07. The van der Waals surface area contributed by atoms with Crippen molar-refractivity contribution in [1.82, 2.24) is 5.32 Å². The third kappa shape index (κ3) is 6.42. The minimum absolute atomic E-state index is 0.0489. The molecule has 0 fully saturated rings. The van der Waals surface area contributed by atoms with Gasteiger partial charge >= 0.3 is 6.61 Å². The van der Waals surface area contributed by atoms with Gasteiger partial charge in [0.25, 0.3) is 5.91 Å². The molecule has 1 atom stereocenters. The Hall–Kier alpha value is -2.25. The molecular weight excluding hydrogens is 415 g/mol. The molecule has 0 saturated carbocycles. The molecular formula is C19H19Cl2F2NO4. The summed E-state index contributed by atoms with van der Waals surface area (Å²) in [6.07, 6.45) is -0.305. The van der Waals surface area contributed by atoms with E-state index in [0.29, 0.717) is 28.8 Å². The summed E-state index contributed by atoms with van der Waals surface area (Å²) in [5, 5.41) is 3.52. The van der Waals surface area contributed by atoms with Gasteiger partial charge in [-0.05, 0) is 49.2 Å². The topological polar surface area (TPSA) is 56.8 Å². The first kappa shape index (κ1) is 22.0. The highest BCUT2D eigenvalue weighted by Gasteiger charge is 2.16. The molecule has 2 rings (SSSR count).